The number of nitrogens with zero attached hydrogens (tertiary/aromatic N) is 9. The van der Waals surface area contributed by atoms with Crippen LogP contribution in [0.4, 0.5) is 10.7 Å². The summed E-state index contributed by atoms with van der Waals surface area (Å²) in [6.07, 6.45) is 4.76. The van der Waals surface area contributed by atoms with E-state index in [2.05, 4.69) is 20.8 Å². The summed E-state index contributed by atoms with van der Waals surface area (Å²) in [6.45, 7) is 11.2. The summed E-state index contributed by atoms with van der Waals surface area (Å²) in [4.78, 5) is 88.9. The average Bonchev–Trinajstić information content (AvgIpc) is 4.21. The minimum absolute atomic E-state index is 0.0122. The summed E-state index contributed by atoms with van der Waals surface area (Å²) in [5, 5.41) is 24.5. The fraction of sp³-hybridized carbons (Fsp3) is 0.404. The number of rotatable bonds is 30. The summed E-state index contributed by atoms with van der Waals surface area (Å²) in [5.74, 6) is -2.33. The second-order valence-corrected chi connectivity index (χ2v) is 17.5. The van der Waals surface area contributed by atoms with E-state index in [4.69, 9.17) is 59.9 Å². The van der Waals surface area contributed by atoms with Crippen molar-refractivity contribution in [1.82, 2.24) is 49.0 Å². The van der Waals surface area contributed by atoms with Gasteiger partial charge in [0.25, 0.3) is 5.91 Å². The Morgan fingerprint density at radius 1 is 0.692 bits per heavy atom. The van der Waals surface area contributed by atoms with E-state index in [-0.39, 0.29) is 120 Å². The maximum Gasteiger partial charge on any atom is 0.407 e. The monoisotopic (exact) mass is 1080 g/mol. The first-order valence-corrected chi connectivity index (χ1v) is 25.3. The molecule has 0 saturated carbocycles. The molecule has 0 aliphatic heterocycles. The number of hydrogen-bond donors (Lipinski definition) is 5. The van der Waals surface area contributed by atoms with Crippen LogP contribution in [0, 0.1) is 13.8 Å². The molecule has 0 aliphatic carbocycles. The predicted octanol–water partition coefficient (Wildman–Crippen LogP) is 4.69. The van der Waals surface area contributed by atoms with Crippen LogP contribution < -0.4 is 31.6 Å². The Balaban J connectivity index is 1.23. The van der Waals surface area contributed by atoms with E-state index in [0.717, 1.165) is 5.69 Å². The Bertz CT molecular complexity index is 3360. The third-order valence-corrected chi connectivity index (χ3v) is 11.9. The fourth-order valence-corrected chi connectivity index (χ4v) is 8.39. The fourth-order valence-electron chi connectivity index (χ4n) is 8.39. The van der Waals surface area contributed by atoms with E-state index in [1.54, 1.807) is 52.2 Å². The lowest BCUT2D eigenvalue weighted by atomic mass is 10.1. The number of primary amides is 2. The van der Waals surface area contributed by atoms with Gasteiger partial charge in [-0.1, -0.05) is 12.2 Å². The third-order valence-electron chi connectivity index (χ3n) is 11.9. The van der Waals surface area contributed by atoms with Crippen LogP contribution in [0.25, 0.3) is 44.5 Å². The zero-order valence-corrected chi connectivity index (χ0v) is 44.0. The Hall–Kier alpha value is -8.91. The van der Waals surface area contributed by atoms with Crippen LogP contribution in [0.5, 0.6) is 11.5 Å². The van der Waals surface area contributed by atoms with Gasteiger partial charge in [-0.15, -0.1) is 0 Å². The first-order chi connectivity index (χ1) is 37.6. The number of aliphatic carboxylic acids is 1. The number of nitrogens with one attached hydrogen (secondary N) is 2. The Morgan fingerprint density at radius 3 is 2.05 bits per heavy atom. The molecule has 2 aromatic carbocycles. The molecule has 7 N–H and O–H groups in total. The van der Waals surface area contributed by atoms with Crippen LogP contribution >= 0.6 is 0 Å². The highest BCUT2D eigenvalue weighted by molar-refractivity contribution is 6.12. The summed E-state index contributed by atoms with van der Waals surface area (Å²) < 4.78 is 40.8. The van der Waals surface area contributed by atoms with E-state index in [1.165, 1.54) is 12.1 Å². The minimum atomic E-state index is -0.964. The van der Waals surface area contributed by atoms with Crippen molar-refractivity contribution in [2.45, 2.75) is 80.1 Å². The molecule has 7 aromatic rings. The smallest absolute Gasteiger partial charge is 0.407 e. The van der Waals surface area contributed by atoms with Gasteiger partial charge in [0.05, 0.1) is 81.5 Å². The van der Waals surface area contributed by atoms with Crippen LogP contribution in [-0.4, -0.2) is 144 Å². The van der Waals surface area contributed by atoms with Crippen molar-refractivity contribution in [2.75, 3.05) is 64.7 Å². The number of hydrogen-bond acceptors (Lipinski definition) is 17. The van der Waals surface area contributed by atoms with E-state index in [9.17, 15) is 28.8 Å². The first kappa shape index (κ1) is 56.8. The SMILES string of the molecule is CCOC(=O)CCNC(=O)OCCCOc1cc(C(N)=O)cc2nc(NC(=O)c3cc(C)nn3CC)n(C/C=C/Cn3c4nc(-c5cc(C)nn5CC)ncc4c4cc(C(N)=O)cc(OCCOCCOCCC(=O)O)c43)c12. The van der Waals surface area contributed by atoms with Gasteiger partial charge in [-0.2, -0.15) is 10.2 Å². The highest BCUT2D eigenvalue weighted by Crippen LogP contribution is 2.37. The number of amides is 4. The largest absolute Gasteiger partial charge is 0.491 e. The van der Waals surface area contributed by atoms with Gasteiger partial charge >= 0.3 is 18.0 Å². The standard InChI is InChI=1S/C52H63N13O13/c1-6-64-38(24-31(4)60-64)48-56-30-36-35-26-33(46(53)69)28-40(77-23-22-74-21-20-73-19-13-42(66)67)44(35)62(49(36)58-48)15-9-10-16-63-45-37(57-51(63)59-50(71)39-25-32(5)61-65(39)7-2)27-34(47(54)70)29-41(45)76-17-11-18-78-52(72)55-14-12-43(68)75-8-3/h9-10,24-30H,6-8,11-23H2,1-5H3,(H2,53,69)(H2,54,70)(H,55,72)(H,66,67)(H,57,59,71)/b10-9+. The number of alkyl carbamates (subject to hydrolysis) is 1. The number of anilines is 1. The molecule has 7 rings (SSSR count). The van der Waals surface area contributed by atoms with Crippen molar-refractivity contribution in [3.8, 4) is 23.0 Å². The van der Waals surface area contributed by atoms with Gasteiger partial charge in [0, 0.05) is 67.2 Å². The number of aryl methyl sites for hydroxylation is 4. The van der Waals surface area contributed by atoms with Gasteiger partial charge in [-0.25, -0.2) is 19.7 Å². The molecular weight excluding hydrogens is 1010 g/mol. The average molecular weight is 1080 g/mol. The van der Waals surface area contributed by atoms with Crippen LogP contribution in [-0.2, 0) is 54.7 Å². The molecule has 0 radical (unpaired) electrons. The second-order valence-electron chi connectivity index (χ2n) is 17.5. The Morgan fingerprint density at radius 2 is 1.35 bits per heavy atom. The molecular formula is C52H63N13O13. The lowest BCUT2D eigenvalue weighted by Gasteiger charge is -2.14. The molecule has 0 unspecified atom stereocenters. The number of ether oxygens (including phenoxy) is 6. The molecule has 5 heterocycles. The summed E-state index contributed by atoms with van der Waals surface area (Å²) in [5.41, 5.74) is 16.1. The zero-order valence-electron chi connectivity index (χ0n) is 44.0. The maximum absolute atomic E-state index is 14.0. The topological polar surface area (TPSA) is 338 Å². The number of nitrogens with two attached hydrogens (primary N) is 2. The first-order valence-electron chi connectivity index (χ1n) is 25.3. The number of benzene rings is 2. The molecule has 0 aliphatic rings. The van der Waals surface area contributed by atoms with Crippen LogP contribution in [0.3, 0.4) is 0 Å². The molecule has 0 fully saturated rings. The maximum atomic E-state index is 14.0. The molecule has 0 bridgehead atoms. The van der Waals surface area contributed by atoms with E-state index < -0.39 is 35.8 Å². The molecule has 0 spiro atoms. The van der Waals surface area contributed by atoms with Gasteiger partial charge in [0.1, 0.15) is 40.7 Å². The number of carbonyl (C=O) groups is 6. The highest BCUT2D eigenvalue weighted by atomic mass is 16.6. The lowest BCUT2D eigenvalue weighted by Crippen LogP contribution is -2.27. The molecule has 414 valence electrons. The molecule has 0 atom stereocenters. The van der Waals surface area contributed by atoms with Gasteiger partial charge < -0.3 is 59.4 Å². The van der Waals surface area contributed by atoms with Gasteiger partial charge in [-0.3, -0.25) is 38.7 Å². The van der Waals surface area contributed by atoms with Crippen molar-refractivity contribution in [3.05, 3.63) is 83.0 Å². The van der Waals surface area contributed by atoms with E-state index in [0.29, 0.717) is 69.2 Å². The van der Waals surface area contributed by atoms with Crippen LogP contribution in [0.1, 0.15) is 82.6 Å². The van der Waals surface area contributed by atoms with E-state index in [1.807, 2.05) is 43.6 Å². The van der Waals surface area contributed by atoms with Crippen molar-refractivity contribution < 1.29 is 62.3 Å². The normalized spacial score (nSPS) is 11.4. The number of carbonyl (C=O) groups excluding carboxylic acids is 5. The number of imidazole rings is 1. The summed E-state index contributed by atoms with van der Waals surface area (Å²) in [7, 11) is 0. The van der Waals surface area contributed by atoms with Gasteiger partial charge in [-0.05, 0) is 71.0 Å². The quantitative estimate of drug-likeness (QED) is 0.0232. The molecule has 78 heavy (non-hydrogen) atoms. The Kier molecular flexibility index (Phi) is 19.5. The zero-order chi connectivity index (χ0) is 55.9. The van der Waals surface area contributed by atoms with Crippen LogP contribution in [0.2, 0.25) is 0 Å². The molecule has 26 heteroatoms. The number of allylic oxidation sites excluding steroid dienone is 2. The number of carboxylic acid groups (broad SMARTS) is 1. The number of aromatic nitrogens is 9. The Labute approximate surface area is 446 Å². The second kappa shape index (κ2) is 26.7. The molecule has 4 amide bonds. The molecule has 5 aromatic heterocycles. The van der Waals surface area contributed by atoms with Gasteiger partial charge in [0.2, 0.25) is 17.8 Å². The van der Waals surface area contributed by atoms with Crippen molar-refractivity contribution in [1.29, 1.82) is 0 Å². The minimum Gasteiger partial charge on any atom is -0.491 e. The van der Waals surface area contributed by atoms with E-state index >= 15 is 0 Å². The molecule has 26 nitrogen and oxygen atoms in total. The van der Waals surface area contributed by atoms with Gasteiger partial charge in [0.15, 0.2) is 5.82 Å². The van der Waals surface area contributed by atoms with Crippen molar-refractivity contribution in [3.63, 3.8) is 0 Å². The van der Waals surface area contributed by atoms with Crippen molar-refractivity contribution >= 4 is 74.7 Å². The summed E-state index contributed by atoms with van der Waals surface area (Å²) in [6, 6.07) is 9.74. The number of esters is 1. The summed E-state index contributed by atoms with van der Waals surface area (Å²) >= 11 is 0. The van der Waals surface area contributed by atoms with Crippen molar-refractivity contribution in [2.24, 2.45) is 11.5 Å². The van der Waals surface area contributed by atoms with Crippen LogP contribution in [0.15, 0.2) is 54.7 Å². The third kappa shape index (κ3) is 14.1. The highest BCUT2D eigenvalue weighted by Gasteiger charge is 2.24. The lowest BCUT2D eigenvalue weighted by molar-refractivity contribution is -0.143. The number of fused-ring (bicyclic) bond motifs is 4. The predicted molar refractivity (Wildman–Crippen MR) is 283 cm³/mol. The molecule has 0 saturated heterocycles. The number of carboxylic acids is 1.